The summed E-state index contributed by atoms with van der Waals surface area (Å²) in [5.74, 6) is 0. The number of H-pyrrole nitrogens is 2. The molecular weight excluding hydrogens is 1270 g/mol. The van der Waals surface area contributed by atoms with Crippen LogP contribution in [-0.4, -0.2) is 38.7 Å². The van der Waals surface area contributed by atoms with E-state index in [1.807, 2.05) is 36.7 Å². The number of hydrogen-bond acceptors (Lipinski definition) is 4. The van der Waals surface area contributed by atoms with E-state index in [1.165, 1.54) is 86.4 Å². The van der Waals surface area contributed by atoms with Crippen molar-refractivity contribution in [1.82, 2.24) is 38.7 Å². The van der Waals surface area contributed by atoms with Crippen molar-refractivity contribution in [2.75, 3.05) is 0 Å². The second kappa shape index (κ2) is 20.9. The van der Waals surface area contributed by atoms with Crippen molar-refractivity contribution < 1.29 is 42.1 Å². The van der Waals surface area contributed by atoms with Gasteiger partial charge in [-0.3, -0.25) is 0 Å². The Labute approximate surface area is 453 Å². The molecule has 8 aromatic heterocycles. The minimum Gasteiger partial charge on any atom is -0.467 e. The largest absolute Gasteiger partial charge is 2.00 e. The van der Waals surface area contributed by atoms with E-state index in [2.05, 4.69) is 223 Å². The third kappa shape index (κ3) is 8.23. The molecule has 8 nitrogen and oxygen atoms in total. The Morgan fingerprint density at radius 2 is 0.595 bits per heavy atom. The normalized spacial score (nSPS) is 11.0. The molecule has 10 heteroatoms. The van der Waals surface area contributed by atoms with E-state index in [-0.39, 0.29) is 42.1 Å². The van der Waals surface area contributed by atoms with Crippen LogP contribution in [0.2, 0.25) is 0 Å². The molecule has 8 heterocycles. The van der Waals surface area contributed by atoms with E-state index in [9.17, 15) is 0 Å². The predicted octanol–water partition coefficient (Wildman–Crippen LogP) is 15.3. The summed E-state index contributed by atoms with van der Waals surface area (Å²) in [7, 11) is 0. The third-order valence-corrected chi connectivity index (χ3v) is 13.4. The van der Waals surface area contributed by atoms with Crippen LogP contribution in [0.15, 0.2) is 231 Å². The van der Waals surface area contributed by atoms with Crippen LogP contribution in [0.1, 0.15) is 0 Å². The molecule has 0 saturated carbocycles. The van der Waals surface area contributed by atoms with Crippen molar-refractivity contribution in [3.8, 4) is 0 Å². The maximum atomic E-state index is 4.91. The maximum absolute atomic E-state index is 4.91. The number of hydrogen-bond donors (Lipinski definition) is 2. The summed E-state index contributed by atoms with van der Waals surface area (Å²) >= 11 is 0. The van der Waals surface area contributed by atoms with Crippen LogP contribution in [0.25, 0.3) is 120 Å². The Morgan fingerprint density at radius 1 is 0.297 bits per heavy atom. The van der Waals surface area contributed by atoms with Crippen LogP contribution in [0.4, 0.5) is 0 Å². The molecule has 0 atom stereocenters. The monoisotopic (exact) mass is 1310 g/mol. The van der Waals surface area contributed by atoms with E-state index in [0.717, 1.165) is 33.1 Å². The summed E-state index contributed by atoms with van der Waals surface area (Å²) in [6, 6.07) is 75.8. The Bertz CT molecular complexity index is 4380. The number of imidazole rings is 2. The SMILES string of the molecule is [Pt+2].[Pt+2].[c-]1cccc2c3cccc4c5ccccc5c5ccccc5c5cccnc5n(c12)c43.[c-]1cccc2c3cccc4c5ccccc5c5ccccc5c5cccnc5n(c12)c43.[c-]1ncc[nH]1.[c-]1ncc[nH]1. The van der Waals surface area contributed by atoms with Crippen LogP contribution in [0.3, 0.4) is 0 Å². The molecule has 16 aromatic rings. The van der Waals surface area contributed by atoms with Gasteiger partial charge in [-0.2, -0.15) is 48.5 Å². The number of fused-ring (bicyclic) bond motifs is 20. The van der Waals surface area contributed by atoms with E-state index >= 15 is 0 Å². The van der Waals surface area contributed by atoms with Gasteiger partial charge in [-0.05, 0) is 90.8 Å². The van der Waals surface area contributed by atoms with Crippen molar-refractivity contribution in [3.63, 3.8) is 0 Å². The molecule has 16 rings (SSSR count). The molecule has 0 aliphatic carbocycles. The zero-order valence-electron chi connectivity index (χ0n) is 39.3. The number of para-hydroxylation sites is 4. The molecule has 8 aromatic carbocycles. The van der Waals surface area contributed by atoms with Crippen LogP contribution < -0.4 is 0 Å². The summed E-state index contributed by atoms with van der Waals surface area (Å²) in [6.45, 7) is 0. The first-order valence-electron chi connectivity index (χ1n) is 23.7. The van der Waals surface area contributed by atoms with Crippen molar-refractivity contribution in [1.29, 1.82) is 0 Å². The quantitative estimate of drug-likeness (QED) is 0.148. The molecule has 0 amide bonds. The van der Waals surface area contributed by atoms with Gasteiger partial charge < -0.3 is 28.7 Å². The summed E-state index contributed by atoms with van der Waals surface area (Å²) in [4.78, 5) is 22.2. The second-order valence-electron chi connectivity index (χ2n) is 17.3. The Morgan fingerprint density at radius 3 is 0.919 bits per heavy atom. The molecule has 2 N–H and O–H groups in total. The first-order chi connectivity index (χ1) is 35.8. The molecule has 0 fully saturated rings. The van der Waals surface area contributed by atoms with Crippen LogP contribution in [0.5, 0.6) is 0 Å². The molecule has 356 valence electrons. The van der Waals surface area contributed by atoms with E-state index in [0.29, 0.717) is 0 Å². The van der Waals surface area contributed by atoms with Crippen molar-refractivity contribution in [2.45, 2.75) is 0 Å². The molecule has 0 aliphatic heterocycles. The van der Waals surface area contributed by atoms with Crippen molar-refractivity contribution in [2.24, 2.45) is 0 Å². The van der Waals surface area contributed by atoms with Gasteiger partial charge in [0.05, 0.1) is 0 Å². The van der Waals surface area contributed by atoms with Crippen molar-refractivity contribution in [3.05, 3.63) is 256 Å². The van der Waals surface area contributed by atoms with Gasteiger partial charge in [0.15, 0.2) is 0 Å². The molecule has 0 aliphatic rings. The molecule has 0 radical (unpaired) electrons. The van der Waals surface area contributed by atoms with Gasteiger partial charge in [-0.1, -0.05) is 144 Å². The number of aromatic nitrogens is 8. The van der Waals surface area contributed by atoms with Gasteiger partial charge in [0.1, 0.15) is 11.3 Å². The smallest absolute Gasteiger partial charge is 0.467 e. The maximum Gasteiger partial charge on any atom is 2.00 e. The summed E-state index contributed by atoms with van der Waals surface area (Å²) in [6.07, 6.45) is 15.4. The van der Waals surface area contributed by atoms with Gasteiger partial charge >= 0.3 is 42.1 Å². The van der Waals surface area contributed by atoms with Crippen LogP contribution >= 0.6 is 0 Å². The minimum absolute atomic E-state index is 0. The third-order valence-electron chi connectivity index (χ3n) is 13.4. The zero-order chi connectivity index (χ0) is 47.8. The van der Waals surface area contributed by atoms with E-state index in [4.69, 9.17) is 9.97 Å². The minimum atomic E-state index is 0. The van der Waals surface area contributed by atoms with Gasteiger partial charge in [0.25, 0.3) is 0 Å². The van der Waals surface area contributed by atoms with Crippen LogP contribution in [0, 0.1) is 24.8 Å². The standard InChI is InChI=1S/2C29H17N2.2C3H3N2.2Pt/c2*1-3-11-21-19(9-1)20-10-2-4-12-22(20)26-16-8-18-30-29(26)31-27-17-6-5-13-23(27)25-15-7-14-24(21)28(25)31;2*1-2-5-3-4-1;;/h2*1-16,18H;2*1-2H,(H,4,5);;/q4*-1;2*+2. The molecule has 74 heavy (non-hydrogen) atoms. The van der Waals surface area contributed by atoms with Gasteiger partial charge in [0.2, 0.25) is 0 Å². The summed E-state index contributed by atoms with van der Waals surface area (Å²) in [5.41, 5.74) is 6.36. The van der Waals surface area contributed by atoms with E-state index < -0.39 is 0 Å². The average molecular weight is 1310 g/mol. The predicted molar refractivity (Wildman–Crippen MR) is 296 cm³/mol. The summed E-state index contributed by atoms with van der Waals surface area (Å²) < 4.78 is 4.60. The van der Waals surface area contributed by atoms with E-state index in [1.54, 1.807) is 24.8 Å². The fourth-order valence-corrected chi connectivity index (χ4v) is 10.5. The Balaban J connectivity index is 0.000000131. The van der Waals surface area contributed by atoms with Gasteiger partial charge in [-0.25, -0.2) is 9.97 Å². The second-order valence-corrected chi connectivity index (χ2v) is 17.3. The first kappa shape index (κ1) is 47.8. The topological polar surface area (TPSA) is 92.0 Å². The Kier molecular flexibility index (Phi) is 13.5. The first-order valence-corrected chi connectivity index (χ1v) is 23.7. The Hall–Kier alpha value is -8.54. The molecule has 0 unspecified atom stereocenters. The summed E-state index contributed by atoms with van der Waals surface area (Å²) in [5, 5.41) is 19.3. The van der Waals surface area contributed by atoms with Gasteiger partial charge in [-0.15, -0.1) is 35.6 Å². The number of aromatic amines is 2. The number of nitrogens with zero attached hydrogens (tertiary/aromatic N) is 6. The molecule has 0 bridgehead atoms. The number of rotatable bonds is 0. The van der Waals surface area contributed by atoms with Gasteiger partial charge in [0, 0.05) is 45.0 Å². The fourth-order valence-electron chi connectivity index (χ4n) is 10.5. The number of pyridine rings is 2. The number of nitrogens with one attached hydrogen (secondary N) is 2. The zero-order valence-corrected chi connectivity index (χ0v) is 43.8. The average Bonchev–Trinajstić information content (AvgIpc) is 4.34. The van der Waals surface area contributed by atoms with Crippen LogP contribution in [-0.2, 0) is 42.1 Å². The molecule has 0 saturated heterocycles. The fraction of sp³-hybridized carbons (Fsp3) is 0. The number of benzene rings is 8. The molecule has 0 spiro atoms. The van der Waals surface area contributed by atoms with Crippen molar-refractivity contribution >= 4 is 120 Å². The molecular formula is C64H40N8Pt2.